The second-order valence-corrected chi connectivity index (χ2v) is 7.08. The molecule has 130 valence electrons. The number of carbonyl (C=O) groups excluding carboxylic acids is 1. The quantitative estimate of drug-likeness (QED) is 0.707. The molecule has 0 saturated carbocycles. The number of aromatic nitrogens is 3. The predicted molar refractivity (Wildman–Crippen MR) is 98.3 cm³/mol. The van der Waals surface area contributed by atoms with Crippen molar-refractivity contribution in [2.24, 2.45) is 5.92 Å². The van der Waals surface area contributed by atoms with E-state index in [1.807, 2.05) is 51.1 Å². The minimum atomic E-state index is -0.0466. The van der Waals surface area contributed by atoms with Gasteiger partial charge in [0.1, 0.15) is 4.88 Å². The molecule has 0 unspecified atom stereocenters. The van der Waals surface area contributed by atoms with Crippen LogP contribution in [0, 0.1) is 5.92 Å². The molecule has 6 nitrogen and oxygen atoms in total. The molecule has 3 aromatic rings. The SMILES string of the molecule is CCc1noc(-c2sc(NC(=O)CC(C)C)nc2-c2ccccc2)n1. The summed E-state index contributed by atoms with van der Waals surface area (Å²) in [6, 6.07) is 9.77. The lowest BCUT2D eigenvalue weighted by Gasteiger charge is -2.03. The Morgan fingerprint density at radius 1 is 1.24 bits per heavy atom. The second-order valence-electron chi connectivity index (χ2n) is 6.08. The summed E-state index contributed by atoms with van der Waals surface area (Å²) < 4.78 is 5.38. The van der Waals surface area contributed by atoms with Crippen molar-refractivity contribution in [2.75, 3.05) is 5.32 Å². The zero-order chi connectivity index (χ0) is 17.8. The number of benzene rings is 1. The van der Waals surface area contributed by atoms with Gasteiger partial charge in [0.2, 0.25) is 5.91 Å². The van der Waals surface area contributed by atoms with Crippen LogP contribution in [0.4, 0.5) is 5.13 Å². The highest BCUT2D eigenvalue weighted by atomic mass is 32.1. The van der Waals surface area contributed by atoms with Crippen LogP contribution < -0.4 is 5.32 Å². The number of amides is 1. The summed E-state index contributed by atoms with van der Waals surface area (Å²) in [5, 5.41) is 7.37. The highest BCUT2D eigenvalue weighted by Gasteiger charge is 2.21. The van der Waals surface area contributed by atoms with E-state index in [0.29, 0.717) is 29.7 Å². The maximum absolute atomic E-state index is 12.1. The first-order valence-corrected chi connectivity index (χ1v) is 9.07. The Hall–Kier alpha value is -2.54. The Morgan fingerprint density at radius 3 is 2.64 bits per heavy atom. The van der Waals surface area contributed by atoms with Crippen LogP contribution in [-0.2, 0) is 11.2 Å². The Labute approximate surface area is 150 Å². The molecule has 2 heterocycles. The van der Waals surface area contributed by atoms with E-state index in [1.54, 1.807) is 0 Å². The molecule has 0 aliphatic heterocycles. The van der Waals surface area contributed by atoms with Crippen molar-refractivity contribution in [2.45, 2.75) is 33.6 Å². The van der Waals surface area contributed by atoms with Gasteiger partial charge >= 0.3 is 0 Å². The van der Waals surface area contributed by atoms with Crippen molar-refractivity contribution in [3.63, 3.8) is 0 Å². The molecule has 0 aliphatic carbocycles. The van der Waals surface area contributed by atoms with E-state index in [1.165, 1.54) is 11.3 Å². The molecule has 0 saturated heterocycles. The van der Waals surface area contributed by atoms with Crippen LogP contribution >= 0.6 is 11.3 Å². The lowest BCUT2D eigenvalue weighted by Crippen LogP contribution is -2.13. The van der Waals surface area contributed by atoms with Gasteiger partial charge in [-0.3, -0.25) is 4.79 Å². The first-order valence-electron chi connectivity index (χ1n) is 8.25. The number of anilines is 1. The fourth-order valence-electron chi connectivity index (χ4n) is 2.34. The fraction of sp³-hybridized carbons (Fsp3) is 0.333. The topological polar surface area (TPSA) is 80.9 Å². The van der Waals surface area contributed by atoms with Gasteiger partial charge in [-0.05, 0) is 5.92 Å². The van der Waals surface area contributed by atoms with Gasteiger partial charge in [-0.25, -0.2) is 4.98 Å². The number of hydrogen-bond donors (Lipinski definition) is 1. The van der Waals surface area contributed by atoms with Crippen LogP contribution in [0.3, 0.4) is 0 Å². The molecule has 3 rings (SSSR count). The van der Waals surface area contributed by atoms with Crippen molar-refractivity contribution >= 4 is 22.4 Å². The van der Waals surface area contributed by atoms with Gasteiger partial charge in [-0.1, -0.05) is 67.6 Å². The minimum Gasteiger partial charge on any atom is -0.333 e. The maximum atomic E-state index is 12.1. The van der Waals surface area contributed by atoms with Gasteiger partial charge in [0, 0.05) is 18.4 Å². The van der Waals surface area contributed by atoms with E-state index in [2.05, 4.69) is 20.4 Å². The molecular formula is C18H20N4O2S. The van der Waals surface area contributed by atoms with Crippen molar-refractivity contribution in [1.82, 2.24) is 15.1 Å². The molecular weight excluding hydrogens is 336 g/mol. The van der Waals surface area contributed by atoms with Crippen LogP contribution in [0.25, 0.3) is 22.0 Å². The van der Waals surface area contributed by atoms with Crippen LogP contribution in [0.5, 0.6) is 0 Å². The van der Waals surface area contributed by atoms with Gasteiger partial charge in [-0.15, -0.1) is 0 Å². The fourth-order valence-corrected chi connectivity index (χ4v) is 3.27. The molecule has 0 spiro atoms. The third kappa shape index (κ3) is 4.11. The molecule has 0 aliphatic rings. The lowest BCUT2D eigenvalue weighted by molar-refractivity contribution is -0.116. The van der Waals surface area contributed by atoms with Gasteiger partial charge < -0.3 is 9.84 Å². The van der Waals surface area contributed by atoms with E-state index in [0.717, 1.165) is 16.1 Å². The summed E-state index contributed by atoms with van der Waals surface area (Å²) in [6.07, 6.45) is 1.15. The van der Waals surface area contributed by atoms with E-state index < -0.39 is 0 Å². The second kappa shape index (κ2) is 7.57. The van der Waals surface area contributed by atoms with Crippen LogP contribution in [-0.4, -0.2) is 21.0 Å². The number of rotatable bonds is 6. The summed E-state index contributed by atoms with van der Waals surface area (Å²) in [5.74, 6) is 1.32. The zero-order valence-corrected chi connectivity index (χ0v) is 15.3. The number of carbonyl (C=O) groups is 1. The average Bonchev–Trinajstić information content (AvgIpc) is 3.21. The monoisotopic (exact) mass is 356 g/mol. The number of hydrogen-bond acceptors (Lipinski definition) is 6. The minimum absolute atomic E-state index is 0.0466. The predicted octanol–water partition coefficient (Wildman–Crippen LogP) is 4.41. The molecule has 7 heteroatoms. The van der Waals surface area contributed by atoms with Crippen molar-refractivity contribution in [1.29, 1.82) is 0 Å². The Kier molecular flexibility index (Phi) is 5.23. The number of aryl methyl sites for hydroxylation is 1. The standard InChI is InChI=1S/C18H20N4O2S/c1-4-13-19-17(24-22-13)16-15(12-8-6-5-7-9-12)21-18(25-16)20-14(23)10-11(2)3/h5-9,11H,4,10H2,1-3H3,(H,20,21,23). The molecule has 1 aromatic carbocycles. The average molecular weight is 356 g/mol. The summed E-state index contributed by atoms with van der Waals surface area (Å²) in [4.78, 5) is 21.8. The Balaban J connectivity index is 1.98. The van der Waals surface area contributed by atoms with E-state index in [-0.39, 0.29) is 11.8 Å². The van der Waals surface area contributed by atoms with Crippen molar-refractivity contribution in [3.8, 4) is 22.0 Å². The summed E-state index contributed by atoms with van der Waals surface area (Å²) >= 11 is 1.35. The number of thiazole rings is 1. The highest BCUT2D eigenvalue weighted by molar-refractivity contribution is 7.19. The molecule has 0 fully saturated rings. The molecule has 1 N–H and O–H groups in total. The van der Waals surface area contributed by atoms with E-state index >= 15 is 0 Å². The third-order valence-electron chi connectivity index (χ3n) is 3.49. The largest absolute Gasteiger partial charge is 0.333 e. The number of nitrogens with one attached hydrogen (secondary N) is 1. The zero-order valence-electron chi connectivity index (χ0n) is 14.4. The van der Waals surface area contributed by atoms with Crippen LogP contribution in [0.15, 0.2) is 34.9 Å². The normalized spacial score (nSPS) is 11.0. The number of nitrogens with zero attached hydrogens (tertiary/aromatic N) is 3. The lowest BCUT2D eigenvalue weighted by atomic mass is 10.1. The molecule has 0 radical (unpaired) electrons. The molecule has 1 amide bonds. The molecule has 25 heavy (non-hydrogen) atoms. The summed E-state index contributed by atoms with van der Waals surface area (Å²) in [7, 11) is 0. The highest BCUT2D eigenvalue weighted by Crippen LogP contribution is 2.38. The van der Waals surface area contributed by atoms with Gasteiger partial charge in [0.15, 0.2) is 11.0 Å². The molecule has 0 bridgehead atoms. The van der Waals surface area contributed by atoms with Crippen LogP contribution in [0.2, 0.25) is 0 Å². The smallest absolute Gasteiger partial charge is 0.270 e. The summed E-state index contributed by atoms with van der Waals surface area (Å²) in [6.45, 7) is 5.98. The van der Waals surface area contributed by atoms with E-state index in [9.17, 15) is 4.79 Å². The van der Waals surface area contributed by atoms with Crippen LogP contribution in [0.1, 0.15) is 33.0 Å². The van der Waals surface area contributed by atoms with Gasteiger partial charge in [0.25, 0.3) is 5.89 Å². The van der Waals surface area contributed by atoms with Crippen molar-refractivity contribution in [3.05, 3.63) is 36.2 Å². The maximum Gasteiger partial charge on any atom is 0.270 e. The van der Waals surface area contributed by atoms with E-state index in [4.69, 9.17) is 4.52 Å². The first kappa shape index (κ1) is 17.3. The summed E-state index contributed by atoms with van der Waals surface area (Å²) in [5.41, 5.74) is 1.67. The first-order chi connectivity index (χ1) is 12.1. The van der Waals surface area contributed by atoms with Gasteiger partial charge in [0.05, 0.1) is 5.69 Å². The Bertz CT molecular complexity index is 855. The third-order valence-corrected chi connectivity index (χ3v) is 4.45. The Morgan fingerprint density at radius 2 is 2.00 bits per heavy atom. The molecule has 2 aromatic heterocycles. The molecule has 0 atom stereocenters. The van der Waals surface area contributed by atoms with Gasteiger partial charge in [-0.2, -0.15) is 4.98 Å². The van der Waals surface area contributed by atoms with Crippen molar-refractivity contribution < 1.29 is 9.32 Å².